The second kappa shape index (κ2) is 7.34. The van der Waals surface area contributed by atoms with Crippen LogP contribution in [-0.2, 0) is 4.79 Å². The second-order valence-electron chi connectivity index (χ2n) is 3.46. The lowest BCUT2D eigenvalue weighted by atomic mass is 10.1. The van der Waals surface area contributed by atoms with Gasteiger partial charge >= 0.3 is 0 Å². The van der Waals surface area contributed by atoms with Crippen molar-refractivity contribution >= 4 is 12.0 Å². The molecule has 0 saturated heterocycles. The Balaban J connectivity index is 2.77. The van der Waals surface area contributed by atoms with Gasteiger partial charge in [-0.2, -0.15) is 0 Å². The van der Waals surface area contributed by atoms with E-state index in [0.717, 1.165) is 5.56 Å². The van der Waals surface area contributed by atoms with E-state index in [2.05, 4.69) is 5.32 Å². The summed E-state index contributed by atoms with van der Waals surface area (Å²) >= 11 is 0. The van der Waals surface area contributed by atoms with Crippen LogP contribution in [0.15, 0.2) is 24.3 Å². The minimum absolute atomic E-state index is 0.0779. The van der Waals surface area contributed by atoms with E-state index in [1.165, 1.54) is 6.08 Å². The van der Waals surface area contributed by atoms with Crippen LogP contribution in [0.25, 0.3) is 6.08 Å². The number of amides is 1. The number of benzene rings is 1. The van der Waals surface area contributed by atoms with Crippen molar-refractivity contribution in [2.24, 2.45) is 0 Å². The molecular weight excluding hydrogens is 234 g/mol. The van der Waals surface area contributed by atoms with Gasteiger partial charge in [-0.3, -0.25) is 4.79 Å². The van der Waals surface area contributed by atoms with Crippen LogP contribution in [0.1, 0.15) is 5.56 Å². The standard InChI is InChI=1S/C13H17NO4/c1-17-11-5-3-10(12(9-11)18-2)4-6-13(16)14-7-8-15/h3-6,9,15H,7-8H2,1-2H3,(H,14,16)/b6-4+. The van der Waals surface area contributed by atoms with Crippen molar-refractivity contribution in [3.05, 3.63) is 29.8 Å². The maximum Gasteiger partial charge on any atom is 0.244 e. The lowest BCUT2D eigenvalue weighted by Crippen LogP contribution is -2.24. The van der Waals surface area contributed by atoms with E-state index in [1.807, 2.05) is 0 Å². The Morgan fingerprint density at radius 2 is 2.17 bits per heavy atom. The minimum Gasteiger partial charge on any atom is -0.497 e. The summed E-state index contributed by atoms with van der Waals surface area (Å²) < 4.78 is 10.3. The van der Waals surface area contributed by atoms with Crippen molar-refractivity contribution in [2.45, 2.75) is 0 Å². The van der Waals surface area contributed by atoms with Crippen molar-refractivity contribution in [1.29, 1.82) is 0 Å². The third-order valence-corrected chi connectivity index (χ3v) is 2.27. The molecule has 2 N–H and O–H groups in total. The van der Waals surface area contributed by atoms with Crippen LogP contribution < -0.4 is 14.8 Å². The molecule has 0 aliphatic heterocycles. The Bertz CT molecular complexity index is 429. The Labute approximate surface area is 106 Å². The zero-order valence-electron chi connectivity index (χ0n) is 10.5. The quantitative estimate of drug-likeness (QED) is 0.735. The summed E-state index contributed by atoms with van der Waals surface area (Å²) in [7, 11) is 3.13. The fourth-order valence-electron chi connectivity index (χ4n) is 1.36. The first-order chi connectivity index (χ1) is 8.71. The van der Waals surface area contributed by atoms with E-state index in [9.17, 15) is 4.79 Å². The molecule has 0 saturated carbocycles. The number of hydrogen-bond donors (Lipinski definition) is 2. The fourth-order valence-corrected chi connectivity index (χ4v) is 1.36. The van der Waals surface area contributed by atoms with Crippen LogP contribution in [0.2, 0.25) is 0 Å². The smallest absolute Gasteiger partial charge is 0.244 e. The molecule has 1 amide bonds. The molecule has 18 heavy (non-hydrogen) atoms. The number of ether oxygens (including phenoxy) is 2. The van der Waals surface area contributed by atoms with Gasteiger partial charge in [-0.15, -0.1) is 0 Å². The van der Waals surface area contributed by atoms with E-state index in [-0.39, 0.29) is 19.1 Å². The Morgan fingerprint density at radius 1 is 1.39 bits per heavy atom. The summed E-state index contributed by atoms with van der Waals surface area (Å²) in [5.74, 6) is 1.05. The van der Waals surface area contributed by atoms with Crippen LogP contribution in [0.5, 0.6) is 11.5 Å². The van der Waals surface area contributed by atoms with Gasteiger partial charge in [0.05, 0.1) is 20.8 Å². The van der Waals surface area contributed by atoms with Gasteiger partial charge in [-0.1, -0.05) is 0 Å². The average molecular weight is 251 g/mol. The molecule has 0 aliphatic carbocycles. The van der Waals surface area contributed by atoms with Crippen LogP contribution in [-0.4, -0.2) is 38.4 Å². The van der Waals surface area contributed by atoms with Crippen molar-refractivity contribution in [1.82, 2.24) is 5.32 Å². The number of aliphatic hydroxyl groups excluding tert-OH is 1. The third-order valence-electron chi connectivity index (χ3n) is 2.27. The number of aliphatic hydroxyl groups is 1. The normalized spacial score (nSPS) is 10.4. The van der Waals surface area contributed by atoms with Crippen LogP contribution in [0.3, 0.4) is 0 Å². The number of carbonyl (C=O) groups is 1. The fraction of sp³-hybridized carbons (Fsp3) is 0.308. The molecule has 0 spiro atoms. The maximum atomic E-state index is 11.3. The van der Waals surface area contributed by atoms with Gasteiger partial charge in [0.1, 0.15) is 11.5 Å². The number of methoxy groups -OCH3 is 2. The lowest BCUT2D eigenvalue weighted by molar-refractivity contribution is -0.116. The topological polar surface area (TPSA) is 67.8 Å². The second-order valence-corrected chi connectivity index (χ2v) is 3.46. The zero-order valence-corrected chi connectivity index (χ0v) is 10.5. The number of hydrogen-bond acceptors (Lipinski definition) is 4. The summed E-state index contributed by atoms with van der Waals surface area (Å²) in [4.78, 5) is 11.3. The molecule has 0 heterocycles. The maximum absolute atomic E-state index is 11.3. The predicted octanol–water partition coefficient (Wildman–Crippen LogP) is 0.826. The molecule has 0 fully saturated rings. The van der Waals surface area contributed by atoms with Crippen LogP contribution in [0.4, 0.5) is 0 Å². The number of nitrogens with one attached hydrogen (secondary N) is 1. The molecule has 0 unspecified atom stereocenters. The van der Waals surface area contributed by atoms with Gasteiger partial charge < -0.3 is 19.9 Å². The minimum atomic E-state index is -0.262. The highest BCUT2D eigenvalue weighted by atomic mass is 16.5. The molecule has 1 rings (SSSR count). The molecule has 0 aliphatic rings. The monoisotopic (exact) mass is 251 g/mol. The van der Waals surface area contributed by atoms with Gasteiger partial charge in [0.2, 0.25) is 5.91 Å². The van der Waals surface area contributed by atoms with Gasteiger partial charge in [0.15, 0.2) is 0 Å². The summed E-state index contributed by atoms with van der Waals surface area (Å²) in [6.07, 6.45) is 3.03. The SMILES string of the molecule is COc1ccc(/C=C/C(=O)NCCO)c(OC)c1. The van der Waals surface area contributed by atoms with Crippen LogP contribution in [0, 0.1) is 0 Å². The first-order valence-electron chi connectivity index (χ1n) is 5.50. The highest BCUT2D eigenvalue weighted by Crippen LogP contribution is 2.25. The first kappa shape index (κ1) is 14.1. The summed E-state index contributed by atoms with van der Waals surface area (Å²) in [6.45, 7) is 0.161. The van der Waals surface area contributed by atoms with E-state index in [0.29, 0.717) is 11.5 Å². The van der Waals surface area contributed by atoms with Crippen molar-refractivity contribution < 1.29 is 19.4 Å². The van der Waals surface area contributed by atoms with Gasteiger partial charge in [-0.25, -0.2) is 0 Å². The van der Waals surface area contributed by atoms with Crippen molar-refractivity contribution in [3.63, 3.8) is 0 Å². The Kier molecular flexibility index (Phi) is 5.73. The molecule has 5 nitrogen and oxygen atoms in total. The van der Waals surface area contributed by atoms with E-state index in [4.69, 9.17) is 14.6 Å². The Hall–Kier alpha value is -2.01. The molecule has 5 heteroatoms. The highest BCUT2D eigenvalue weighted by molar-refractivity contribution is 5.92. The molecule has 0 atom stereocenters. The van der Waals surface area contributed by atoms with E-state index in [1.54, 1.807) is 38.5 Å². The summed E-state index contributed by atoms with van der Waals surface area (Å²) in [5.41, 5.74) is 0.775. The van der Waals surface area contributed by atoms with Gasteiger partial charge in [0.25, 0.3) is 0 Å². The average Bonchev–Trinajstić information content (AvgIpc) is 2.42. The van der Waals surface area contributed by atoms with Gasteiger partial charge in [-0.05, 0) is 18.2 Å². The molecule has 1 aromatic rings. The molecule has 1 aromatic carbocycles. The zero-order chi connectivity index (χ0) is 13.4. The molecule has 0 radical (unpaired) electrons. The van der Waals surface area contributed by atoms with Gasteiger partial charge in [0, 0.05) is 24.3 Å². The van der Waals surface area contributed by atoms with E-state index < -0.39 is 0 Å². The highest BCUT2D eigenvalue weighted by Gasteiger charge is 2.02. The third kappa shape index (κ3) is 4.10. The predicted molar refractivity (Wildman–Crippen MR) is 68.7 cm³/mol. The van der Waals surface area contributed by atoms with Crippen molar-refractivity contribution in [2.75, 3.05) is 27.4 Å². The first-order valence-corrected chi connectivity index (χ1v) is 5.50. The number of carbonyl (C=O) groups excluding carboxylic acids is 1. The molecular formula is C13H17NO4. The van der Waals surface area contributed by atoms with Crippen molar-refractivity contribution in [3.8, 4) is 11.5 Å². The molecule has 0 bridgehead atoms. The van der Waals surface area contributed by atoms with E-state index >= 15 is 0 Å². The largest absolute Gasteiger partial charge is 0.497 e. The van der Waals surface area contributed by atoms with Crippen LogP contribution >= 0.6 is 0 Å². The number of rotatable bonds is 6. The molecule has 0 aromatic heterocycles. The summed E-state index contributed by atoms with van der Waals surface area (Å²) in [5, 5.41) is 11.1. The molecule has 98 valence electrons. The summed E-state index contributed by atoms with van der Waals surface area (Å²) in [6, 6.07) is 5.33. The Morgan fingerprint density at radius 3 is 2.78 bits per heavy atom. The lowest BCUT2D eigenvalue weighted by Gasteiger charge is -2.07.